The van der Waals surface area contributed by atoms with Crippen LogP contribution < -0.4 is 11.0 Å². The van der Waals surface area contributed by atoms with Crippen molar-refractivity contribution in [2.45, 2.75) is 91.1 Å². The van der Waals surface area contributed by atoms with Gasteiger partial charge in [-0.25, -0.2) is 14.8 Å². The number of allylic oxidation sites excluding steroid dienone is 1. The van der Waals surface area contributed by atoms with Gasteiger partial charge in [-0.3, -0.25) is 9.13 Å². The molecule has 0 spiro atoms. The average molecular weight is 438 g/mol. The van der Waals surface area contributed by atoms with Crippen LogP contribution in [0.3, 0.4) is 0 Å². The van der Waals surface area contributed by atoms with Crippen LogP contribution in [0.15, 0.2) is 23.3 Å². The summed E-state index contributed by atoms with van der Waals surface area (Å²) in [6.07, 6.45) is 11.1. The molecule has 0 saturated heterocycles. The molecule has 6 heteroatoms. The summed E-state index contributed by atoms with van der Waals surface area (Å²) in [5, 5.41) is 3.76. The Labute approximate surface area is 191 Å². The average Bonchev–Trinajstić information content (AvgIpc) is 2.91. The van der Waals surface area contributed by atoms with Gasteiger partial charge in [0, 0.05) is 19.1 Å². The second-order valence-corrected chi connectivity index (χ2v) is 11.7. The maximum Gasteiger partial charge on any atom is 0.330 e. The number of nitrogens with one attached hydrogen (secondary N) is 1. The summed E-state index contributed by atoms with van der Waals surface area (Å²) in [4.78, 5) is 21.7. The summed E-state index contributed by atoms with van der Waals surface area (Å²) in [5.41, 5.74) is 3.54. The number of imidazole rings is 1. The predicted molar refractivity (Wildman–Crippen MR) is 130 cm³/mol. The minimum atomic E-state index is -0.104. The van der Waals surface area contributed by atoms with Gasteiger partial charge in [-0.15, -0.1) is 0 Å². The second-order valence-electron chi connectivity index (χ2n) is 11.7. The molecule has 5 rings (SSSR count). The molecule has 1 aliphatic heterocycles. The van der Waals surface area contributed by atoms with Crippen molar-refractivity contribution < 1.29 is 0 Å². The van der Waals surface area contributed by atoms with E-state index >= 15 is 0 Å². The SMILES string of the molecule is C=C1CCC[C@@H]2[C@@](C)(CC[C@@]3(C)CCn4c(=O)n(C)c5ncnc(c54)N3)[C@H](C)CC[C@@]12C. The van der Waals surface area contributed by atoms with E-state index in [4.69, 9.17) is 0 Å². The zero-order valence-corrected chi connectivity index (χ0v) is 20.5. The Balaban J connectivity index is 1.43. The Hall–Kier alpha value is -2.11. The summed E-state index contributed by atoms with van der Waals surface area (Å²) in [5.74, 6) is 2.22. The molecule has 2 saturated carbocycles. The maximum absolute atomic E-state index is 12.8. The van der Waals surface area contributed by atoms with Gasteiger partial charge in [-0.2, -0.15) is 0 Å². The first-order valence-electron chi connectivity index (χ1n) is 12.5. The number of hydrogen-bond acceptors (Lipinski definition) is 4. The third-order valence-electron chi connectivity index (χ3n) is 10.00. The third-order valence-corrected chi connectivity index (χ3v) is 10.00. The summed E-state index contributed by atoms with van der Waals surface area (Å²) in [7, 11) is 1.79. The first-order valence-corrected chi connectivity index (χ1v) is 12.5. The Morgan fingerprint density at radius 3 is 2.75 bits per heavy atom. The largest absolute Gasteiger partial charge is 0.363 e. The fourth-order valence-corrected chi connectivity index (χ4v) is 7.36. The normalized spacial score (nSPS) is 37.1. The molecule has 0 radical (unpaired) electrons. The smallest absolute Gasteiger partial charge is 0.330 e. The Kier molecular flexibility index (Phi) is 4.88. The van der Waals surface area contributed by atoms with E-state index in [1.54, 1.807) is 17.9 Å². The minimum Gasteiger partial charge on any atom is -0.363 e. The first kappa shape index (κ1) is 21.7. The van der Waals surface area contributed by atoms with E-state index in [1.807, 2.05) is 4.57 Å². The monoisotopic (exact) mass is 437 g/mol. The van der Waals surface area contributed by atoms with Gasteiger partial charge >= 0.3 is 5.69 Å². The molecule has 3 heterocycles. The summed E-state index contributed by atoms with van der Waals surface area (Å²) < 4.78 is 3.49. The Morgan fingerprint density at radius 1 is 1.19 bits per heavy atom. The van der Waals surface area contributed by atoms with Crippen molar-refractivity contribution in [3.05, 3.63) is 29.0 Å². The van der Waals surface area contributed by atoms with Gasteiger partial charge in [-0.05, 0) is 81.0 Å². The molecule has 0 aromatic carbocycles. The molecule has 5 atom stereocenters. The maximum atomic E-state index is 12.8. The highest BCUT2D eigenvalue weighted by Crippen LogP contribution is 2.63. The van der Waals surface area contributed by atoms with Crippen molar-refractivity contribution in [2.75, 3.05) is 5.32 Å². The highest BCUT2D eigenvalue weighted by Gasteiger charge is 2.54. The number of aromatic nitrogens is 4. The van der Waals surface area contributed by atoms with Crippen LogP contribution in [-0.2, 0) is 13.6 Å². The fraction of sp³-hybridized carbons (Fsp3) is 0.731. The van der Waals surface area contributed by atoms with Crippen molar-refractivity contribution in [3.63, 3.8) is 0 Å². The van der Waals surface area contributed by atoms with Gasteiger partial charge in [0.15, 0.2) is 11.5 Å². The summed E-state index contributed by atoms with van der Waals surface area (Å²) in [6.45, 7) is 15.1. The van der Waals surface area contributed by atoms with E-state index in [-0.39, 0.29) is 11.2 Å². The molecule has 2 aromatic rings. The lowest BCUT2D eigenvalue weighted by molar-refractivity contribution is -0.0579. The van der Waals surface area contributed by atoms with Crippen molar-refractivity contribution in [1.82, 2.24) is 19.1 Å². The molecule has 2 fully saturated rings. The quantitative estimate of drug-likeness (QED) is 0.663. The number of aryl methyl sites for hydroxylation is 2. The van der Waals surface area contributed by atoms with E-state index in [1.165, 1.54) is 44.1 Å². The lowest BCUT2D eigenvalue weighted by Gasteiger charge is -2.59. The molecular weight excluding hydrogens is 398 g/mol. The van der Waals surface area contributed by atoms with Gasteiger partial charge in [0.25, 0.3) is 0 Å². The highest BCUT2D eigenvalue weighted by atomic mass is 16.1. The molecular formula is C26H39N5O. The molecule has 0 unspecified atom stereocenters. The van der Waals surface area contributed by atoms with Crippen molar-refractivity contribution in [1.29, 1.82) is 0 Å². The number of fused-ring (bicyclic) bond motifs is 1. The van der Waals surface area contributed by atoms with Crippen LogP contribution in [0.2, 0.25) is 0 Å². The Bertz CT molecular complexity index is 1130. The topological polar surface area (TPSA) is 64.7 Å². The van der Waals surface area contributed by atoms with Crippen LogP contribution in [-0.4, -0.2) is 24.6 Å². The molecule has 6 nitrogen and oxygen atoms in total. The molecule has 0 amide bonds. The lowest BCUT2D eigenvalue weighted by Crippen LogP contribution is -2.51. The predicted octanol–water partition coefficient (Wildman–Crippen LogP) is 5.28. The van der Waals surface area contributed by atoms with Crippen LogP contribution in [0.4, 0.5) is 5.82 Å². The van der Waals surface area contributed by atoms with Crippen molar-refractivity contribution >= 4 is 17.0 Å². The first-order chi connectivity index (χ1) is 15.1. The zero-order valence-electron chi connectivity index (χ0n) is 20.5. The van der Waals surface area contributed by atoms with Crippen LogP contribution in [0.1, 0.15) is 79.1 Å². The molecule has 32 heavy (non-hydrogen) atoms. The van der Waals surface area contributed by atoms with Gasteiger partial charge in [0.2, 0.25) is 0 Å². The molecule has 174 valence electrons. The van der Waals surface area contributed by atoms with Crippen LogP contribution in [0.25, 0.3) is 11.2 Å². The summed E-state index contributed by atoms with van der Waals surface area (Å²) in [6, 6.07) is 0. The van der Waals surface area contributed by atoms with E-state index in [0.717, 1.165) is 24.2 Å². The van der Waals surface area contributed by atoms with Crippen molar-refractivity contribution in [3.8, 4) is 0 Å². The summed E-state index contributed by atoms with van der Waals surface area (Å²) >= 11 is 0. The van der Waals surface area contributed by atoms with E-state index in [2.05, 4.69) is 49.6 Å². The third kappa shape index (κ3) is 3.01. The number of nitrogens with zero attached hydrogens (tertiary/aromatic N) is 4. The molecule has 2 aromatic heterocycles. The molecule has 3 aliphatic rings. The van der Waals surface area contributed by atoms with Gasteiger partial charge in [0.1, 0.15) is 11.8 Å². The van der Waals surface area contributed by atoms with Gasteiger partial charge in [-0.1, -0.05) is 32.9 Å². The fourth-order valence-electron chi connectivity index (χ4n) is 7.36. The van der Waals surface area contributed by atoms with Gasteiger partial charge < -0.3 is 5.32 Å². The number of rotatable bonds is 3. The number of hydrogen-bond donors (Lipinski definition) is 1. The Morgan fingerprint density at radius 2 is 1.97 bits per heavy atom. The van der Waals surface area contributed by atoms with Crippen LogP contribution >= 0.6 is 0 Å². The van der Waals surface area contributed by atoms with E-state index in [9.17, 15) is 4.79 Å². The zero-order chi connectivity index (χ0) is 22.9. The second kappa shape index (κ2) is 7.19. The molecule has 1 N–H and O–H groups in total. The minimum absolute atomic E-state index is 0.00264. The highest BCUT2D eigenvalue weighted by molar-refractivity contribution is 5.84. The number of anilines is 1. The standard InChI is InChI=1S/C26H39N5O/c1-17-8-7-9-19-25(17,4)11-10-18(2)26(19,5)13-12-24(3)14-15-31-20-21(29-24)27-16-28-22(20)30(6)23(31)32/h16,18-19H,1,7-15H2,2-6H3,(H,27,28,29)/t18-,19+,24+,25+,26+/m1/s1. The van der Waals surface area contributed by atoms with Gasteiger partial charge in [0.05, 0.1) is 0 Å². The van der Waals surface area contributed by atoms with E-state index in [0.29, 0.717) is 34.9 Å². The van der Waals surface area contributed by atoms with Crippen molar-refractivity contribution in [2.24, 2.45) is 29.7 Å². The molecule has 0 bridgehead atoms. The van der Waals surface area contributed by atoms with Crippen LogP contribution in [0.5, 0.6) is 0 Å². The van der Waals surface area contributed by atoms with Crippen LogP contribution in [0, 0.1) is 22.7 Å². The van der Waals surface area contributed by atoms with E-state index < -0.39 is 0 Å². The lowest BCUT2D eigenvalue weighted by atomic mass is 9.46. The molecule has 2 aliphatic carbocycles.